The number of hydrogen-bond acceptors (Lipinski definition) is 5. The first-order valence-corrected chi connectivity index (χ1v) is 8.70. The molecule has 0 aromatic heterocycles. The van der Waals surface area contributed by atoms with Gasteiger partial charge in [-0.25, -0.2) is 9.59 Å². The van der Waals surface area contributed by atoms with Crippen LogP contribution in [0.2, 0.25) is 0 Å². The number of halogens is 3. The monoisotopic (exact) mass is 392 g/mol. The van der Waals surface area contributed by atoms with Crippen molar-refractivity contribution in [1.29, 1.82) is 0 Å². The summed E-state index contributed by atoms with van der Waals surface area (Å²) in [7, 11) is 0. The quantitative estimate of drug-likeness (QED) is 0.572. The van der Waals surface area contributed by atoms with Gasteiger partial charge in [0.05, 0.1) is 18.7 Å². The van der Waals surface area contributed by atoms with E-state index < -0.39 is 36.5 Å². The molecule has 0 bridgehead atoms. The first-order chi connectivity index (χ1) is 12.7. The summed E-state index contributed by atoms with van der Waals surface area (Å²) in [6, 6.07) is -0.417. The molecule has 2 heterocycles. The second-order valence-corrected chi connectivity index (χ2v) is 6.37. The van der Waals surface area contributed by atoms with Crippen LogP contribution in [0.5, 0.6) is 0 Å². The van der Waals surface area contributed by atoms with E-state index in [9.17, 15) is 27.6 Å². The van der Waals surface area contributed by atoms with Gasteiger partial charge in [-0.1, -0.05) is 0 Å². The second kappa shape index (κ2) is 9.07. The lowest BCUT2D eigenvalue weighted by molar-refractivity contribution is -0.141. The van der Waals surface area contributed by atoms with Crippen LogP contribution in [0.15, 0.2) is 11.3 Å². The first-order valence-electron chi connectivity index (χ1n) is 8.70. The fourth-order valence-corrected chi connectivity index (χ4v) is 2.99. The van der Waals surface area contributed by atoms with Crippen LogP contribution in [0.4, 0.5) is 18.0 Å². The summed E-state index contributed by atoms with van der Waals surface area (Å²) >= 11 is 0. The summed E-state index contributed by atoms with van der Waals surface area (Å²) in [6.45, 7) is 1.85. The van der Waals surface area contributed by atoms with E-state index in [-0.39, 0.29) is 13.2 Å². The molecule has 27 heavy (non-hydrogen) atoms. The lowest BCUT2D eigenvalue weighted by Gasteiger charge is -2.33. The van der Waals surface area contributed by atoms with Crippen LogP contribution >= 0.6 is 0 Å². The van der Waals surface area contributed by atoms with Crippen molar-refractivity contribution in [2.45, 2.75) is 25.9 Å². The Morgan fingerprint density at radius 1 is 1.30 bits per heavy atom. The van der Waals surface area contributed by atoms with Crippen LogP contribution in [0.3, 0.4) is 0 Å². The molecule has 0 spiro atoms. The highest BCUT2D eigenvalue weighted by molar-refractivity contribution is 5.93. The summed E-state index contributed by atoms with van der Waals surface area (Å²) in [6.07, 6.45) is -3.63. The first kappa shape index (κ1) is 21.0. The molecule has 2 rings (SSSR count). The van der Waals surface area contributed by atoms with Gasteiger partial charge in [-0.3, -0.25) is 9.69 Å². The Morgan fingerprint density at radius 2 is 1.96 bits per heavy atom. The van der Waals surface area contributed by atoms with Gasteiger partial charge in [-0.2, -0.15) is 13.2 Å². The maximum absolute atomic E-state index is 12.2. The molecular formula is C16H23F3N4O4. The number of nitrogens with zero attached hydrogens (tertiary/aromatic N) is 1. The zero-order valence-electron chi connectivity index (χ0n) is 14.9. The number of carbonyl (C=O) groups excluding carboxylic acids is 3. The predicted octanol–water partition coefficient (Wildman–Crippen LogP) is 0.507. The Bertz CT molecular complexity index is 613. The van der Waals surface area contributed by atoms with Crippen LogP contribution in [-0.2, 0) is 14.3 Å². The molecule has 11 heteroatoms. The number of ether oxygens (including phenoxy) is 1. The van der Waals surface area contributed by atoms with Gasteiger partial charge in [0, 0.05) is 18.2 Å². The number of alkyl halides is 3. The maximum atomic E-state index is 12.2. The largest absolute Gasteiger partial charge is 0.463 e. The minimum atomic E-state index is -4.43. The number of urea groups is 1. The van der Waals surface area contributed by atoms with Gasteiger partial charge in [-0.05, 0) is 32.9 Å². The van der Waals surface area contributed by atoms with Crippen LogP contribution in [0.25, 0.3) is 0 Å². The molecule has 3 amide bonds. The average molecular weight is 392 g/mol. The Morgan fingerprint density at radius 3 is 2.56 bits per heavy atom. The third-order valence-corrected chi connectivity index (χ3v) is 4.38. The van der Waals surface area contributed by atoms with Crippen LogP contribution in [0.1, 0.15) is 19.8 Å². The van der Waals surface area contributed by atoms with Gasteiger partial charge < -0.3 is 20.7 Å². The average Bonchev–Trinajstić information content (AvgIpc) is 2.60. The molecule has 0 radical (unpaired) electrons. The number of carbonyl (C=O) groups is 3. The number of likely N-dealkylation sites (tertiary alicyclic amines) is 1. The number of hydrogen-bond donors (Lipinski definition) is 3. The third kappa shape index (κ3) is 6.42. The maximum Gasteiger partial charge on any atom is 0.405 e. The number of esters is 1. The van der Waals surface area contributed by atoms with E-state index in [0.717, 1.165) is 0 Å². The van der Waals surface area contributed by atoms with Gasteiger partial charge in [0.15, 0.2) is 0 Å². The van der Waals surface area contributed by atoms with Crippen LogP contribution in [-0.4, -0.2) is 68.3 Å². The van der Waals surface area contributed by atoms with Gasteiger partial charge in [0.2, 0.25) is 5.91 Å². The van der Waals surface area contributed by atoms with Crippen molar-refractivity contribution < 1.29 is 32.3 Å². The number of amides is 3. The molecule has 1 fully saturated rings. The lowest BCUT2D eigenvalue weighted by Crippen LogP contribution is -2.48. The summed E-state index contributed by atoms with van der Waals surface area (Å²) in [5.74, 6) is -1.60. The summed E-state index contributed by atoms with van der Waals surface area (Å²) in [5, 5.41) is 7.03. The van der Waals surface area contributed by atoms with Gasteiger partial charge >= 0.3 is 18.2 Å². The molecule has 8 nitrogen and oxygen atoms in total. The third-order valence-electron chi connectivity index (χ3n) is 4.38. The van der Waals surface area contributed by atoms with E-state index in [1.165, 1.54) is 0 Å². The topological polar surface area (TPSA) is 99.8 Å². The molecule has 2 aliphatic rings. The molecule has 0 aliphatic carbocycles. The Labute approximate surface area is 154 Å². The van der Waals surface area contributed by atoms with Crippen molar-refractivity contribution in [1.82, 2.24) is 20.9 Å². The second-order valence-electron chi connectivity index (χ2n) is 6.37. The molecule has 1 saturated heterocycles. The van der Waals surface area contributed by atoms with Crippen molar-refractivity contribution >= 4 is 17.9 Å². The molecule has 152 valence electrons. The molecule has 0 aromatic rings. The zero-order valence-corrected chi connectivity index (χ0v) is 14.9. The van der Waals surface area contributed by atoms with E-state index in [1.807, 2.05) is 10.2 Å². The molecule has 0 unspecified atom stereocenters. The van der Waals surface area contributed by atoms with Crippen molar-refractivity contribution in [3.05, 3.63) is 11.3 Å². The number of nitrogens with one attached hydrogen (secondary N) is 3. The predicted molar refractivity (Wildman–Crippen MR) is 88.4 cm³/mol. The summed E-state index contributed by atoms with van der Waals surface area (Å²) in [4.78, 5) is 37.4. The van der Waals surface area contributed by atoms with E-state index >= 15 is 0 Å². The van der Waals surface area contributed by atoms with Crippen molar-refractivity contribution in [2.75, 3.05) is 39.3 Å². The highest BCUT2D eigenvalue weighted by Crippen LogP contribution is 2.20. The fourth-order valence-electron chi connectivity index (χ4n) is 2.99. The smallest absolute Gasteiger partial charge is 0.405 e. The number of piperidine rings is 1. The van der Waals surface area contributed by atoms with E-state index in [4.69, 9.17) is 4.74 Å². The minimum Gasteiger partial charge on any atom is -0.463 e. The number of rotatable bonds is 6. The van der Waals surface area contributed by atoms with Gasteiger partial charge in [0.25, 0.3) is 0 Å². The Balaban J connectivity index is 1.90. The van der Waals surface area contributed by atoms with Crippen LogP contribution in [0, 0.1) is 5.92 Å². The standard InChI is InChI=1S/C16H23F3N4O4/c1-2-27-14(25)11-7-20-15(26)22-12(11)8-23-5-3-10(4-6-23)13(24)21-9-16(17,18)19/h10H,2-9H2,1H3,(H,21,24)(H2,20,22,26). The summed E-state index contributed by atoms with van der Waals surface area (Å²) < 4.78 is 41.6. The molecule has 0 aromatic carbocycles. The summed E-state index contributed by atoms with van der Waals surface area (Å²) in [5.41, 5.74) is 0.777. The van der Waals surface area contributed by atoms with Gasteiger partial charge in [0.1, 0.15) is 6.54 Å². The van der Waals surface area contributed by atoms with Crippen LogP contribution < -0.4 is 16.0 Å². The molecule has 0 atom stereocenters. The molecular weight excluding hydrogens is 369 g/mol. The van der Waals surface area contributed by atoms with E-state index in [2.05, 4.69) is 10.6 Å². The van der Waals surface area contributed by atoms with Crippen molar-refractivity contribution in [3.63, 3.8) is 0 Å². The van der Waals surface area contributed by atoms with Crippen molar-refractivity contribution in [2.24, 2.45) is 5.92 Å². The molecule has 3 N–H and O–H groups in total. The normalized spacial score (nSPS) is 19.3. The zero-order chi connectivity index (χ0) is 20.0. The molecule has 2 aliphatic heterocycles. The van der Waals surface area contributed by atoms with Crippen molar-refractivity contribution in [3.8, 4) is 0 Å². The van der Waals surface area contributed by atoms with E-state index in [0.29, 0.717) is 43.7 Å². The Hall–Kier alpha value is -2.30. The highest BCUT2D eigenvalue weighted by Gasteiger charge is 2.32. The Kier molecular flexibility index (Phi) is 7.05. The van der Waals surface area contributed by atoms with Gasteiger partial charge in [-0.15, -0.1) is 0 Å². The molecule has 0 saturated carbocycles. The van der Waals surface area contributed by atoms with E-state index in [1.54, 1.807) is 6.92 Å². The minimum absolute atomic E-state index is 0.0658. The fraction of sp³-hybridized carbons (Fsp3) is 0.688. The highest BCUT2D eigenvalue weighted by atomic mass is 19.4. The SMILES string of the molecule is CCOC(=O)C1=C(CN2CCC(C(=O)NCC(F)(F)F)CC2)NC(=O)NC1. The lowest BCUT2D eigenvalue weighted by atomic mass is 9.95.